The number of aromatic nitrogens is 4. The molecule has 0 aliphatic heterocycles. The number of benzene rings is 3. The van der Waals surface area contributed by atoms with Gasteiger partial charge in [-0.2, -0.15) is 4.80 Å². The maximum absolute atomic E-state index is 13.8. The Morgan fingerprint density at radius 2 is 1.51 bits per heavy atom. The standard InChI is InChI=1S/C29H23F3N6O3/c30-22-9-3-19(4-10-22)16-33-29(40)27(20-5-11-23(31)12-6-20)37(17-25-2-1-15-41-25)26(39)18-38-35-28(34-36-38)21-7-13-24(32)14-8-21/h1-15,27H,16-18H2,(H,33,40)/t27-/m1/s1. The summed E-state index contributed by atoms with van der Waals surface area (Å²) in [5.74, 6) is -1.88. The minimum absolute atomic E-state index is 0.0608. The molecule has 2 amide bonds. The predicted molar refractivity (Wildman–Crippen MR) is 140 cm³/mol. The van der Waals surface area contributed by atoms with Crippen molar-refractivity contribution in [3.63, 3.8) is 0 Å². The summed E-state index contributed by atoms with van der Waals surface area (Å²) in [6.45, 7) is -0.430. The van der Waals surface area contributed by atoms with Gasteiger partial charge in [0.2, 0.25) is 17.6 Å². The molecule has 0 saturated heterocycles. The molecule has 0 fully saturated rings. The van der Waals surface area contributed by atoms with Crippen LogP contribution in [0.3, 0.4) is 0 Å². The van der Waals surface area contributed by atoms with Gasteiger partial charge in [0.1, 0.15) is 35.8 Å². The van der Waals surface area contributed by atoms with E-state index in [1.807, 2.05) is 0 Å². The van der Waals surface area contributed by atoms with Gasteiger partial charge in [-0.3, -0.25) is 9.59 Å². The van der Waals surface area contributed by atoms with Gasteiger partial charge in [0.25, 0.3) is 0 Å². The zero-order chi connectivity index (χ0) is 28.8. The van der Waals surface area contributed by atoms with E-state index >= 15 is 0 Å². The van der Waals surface area contributed by atoms with Crippen LogP contribution in [0, 0.1) is 17.5 Å². The first kappa shape index (κ1) is 27.3. The lowest BCUT2D eigenvalue weighted by Crippen LogP contribution is -2.44. The third kappa shape index (κ3) is 6.85. The van der Waals surface area contributed by atoms with Gasteiger partial charge in [-0.25, -0.2) is 13.2 Å². The maximum atomic E-state index is 13.8. The highest BCUT2D eigenvalue weighted by Crippen LogP contribution is 2.25. The van der Waals surface area contributed by atoms with Crippen LogP contribution in [0.5, 0.6) is 0 Å². The van der Waals surface area contributed by atoms with E-state index in [0.717, 1.165) is 4.80 Å². The molecule has 1 N–H and O–H groups in total. The van der Waals surface area contributed by atoms with Crippen LogP contribution in [0.25, 0.3) is 11.4 Å². The SMILES string of the molecule is O=C(NCc1ccc(F)cc1)[C@@H](c1ccc(F)cc1)N(Cc1ccco1)C(=O)Cn1nnc(-c2ccc(F)cc2)n1. The van der Waals surface area contributed by atoms with E-state index in [0.29, 0.717) is 22.5 Å². The smallest absolute Gasteiger partial charge is 0.247 e. The highest BCUT2D eigenvalue weighted by molar-refractivity contribution is 5.88. The molecule has 3 aromatic carbocycles. The average Bonchev–Trinajstić information content (AvgIpc) is 3.66. The van der Waals surface area contributed by atoms with E-state index in [-0.39, 0.29) is 18.9 Å². The first-order chi connectivity index (χ1) is 19.9. The van der Waals surface area contributed by atoms with E-state index in [1.165, 1.54) is 84.0 Å². The summed E-state index contributed by atoms with van der Waals surface area (Å²) in [7, 11) is 0. The van der Waals surface area contributed by atoms with Crippen molar-refractivity contribution in [2.45, 2.75) is 25.7 Å². The zero-order valence-electron chi connectivity index (χ0n) is 21.5. The van der Waals surface area contributed by atoms with Crippen molar-refractivity contribution in [1.82, 2.24) is 30.4 Å². The fourth-order valence-corrected chi connectivity index (χ4v) is 4.14. The van der Waals surface area contributed by atoms with Gasteiger partial charge in [0.15, 0.2) is 0 Å². The number of carbonyl (C=O) groups excluding carboxylic acids is 2. The Labute approximate surface area is 232 Å². The second-order valence-electron chi connectivity index (χ2n) is 9.05. The van der Waals surface area contributed by atoms with E-state index in [2.05, 4.69) is 20.7 Å². The predicted octanol–water partition coefficient (Wildman–Crippen LogP) is 4.44. The molecule has 0 bridgehead atoms. The van der Waals surface area contributed by atoms with Crippen LogP contribution in [-0.2, 0) is 29.2 Å². The molecule has 0 aliphatic carbocycles. The summed E-state index contributed by atoms with van der Waals surface area (Å²) in [5, 5.41) is 14.9. The minimum atomic E-state index is -1.20. The van der Waals surface area contributed by atoms with Gasteiger partial charge in [0, 0.05) is 12.1 Å². The molecule has 0 unspecified atom stereocenters. The third-order valence-electron chi connectivity index (χ3n) is 6.18. The summed E-state index contributed by atoms with van der Waals surface area (Å²) in [6, 6.07) is 18.4. The number of furan rings is 1. The fraction of sp³-hybridized carbons (Fsp3) is 0.138. The molecule has 5 aromatic rings. The lowest BCUT2D eigenvalue weighted by atomic mass is 10.0. The molecular formula is C29H23F3N6O3. The summed E-state index contributed by atoms with van der Waals surface area (Å²) < 4.78 is 45.9. The Morgan fingerprint density at radius 1 is 0.878 bits per heavy atom. The van der Waals surface area contributed by atoms with Crippen molar-refractivity contribution < 1.29 is 27.2 Å². The largest absolute Gasteiger partial charge is 0.467 e. The summed E-state index contributed by atoms with van der Waals surface area (Å²) >= 11 is 0. The van der Waals surface area contributed by atoms with E-state index in [4.69, 9.17) is 4.42 Å². The Bertz CT molecular complexity index is 1610. The molecule has 12 heteroatoms. The van der Waals surface area contributed by atoms with Crippen LogP contribution in [0.1, 0.15) is 22.9 Å². The fourth-order valence-electron chi connectivity index (χ4n) is 4.14. The lowest BCUT2D eigenvalue weighted by Gasteiger charge is -2.30. The quantitative estimate of drug-likeness (QED) is 0.271. The molecule has 0 radical (unpaired) electrons. The third-order valence-corrected chi connectivity index (χ3v) is 6.18. The number of amides is 2. The van der Waals surface area contributed by atoms with Gasteiger partial charge in [0.05, 0.1) is 12.8 Å². The molecule has 5 rings (SSSR count). The van der Waals surface area contributed by atoms with Gasteiger partial charge in [-0.1, -0.05) is 24.3 Å². The molecule has 41 heavy (non-hydrogen) atoms. The summed E-state index contributed by atoms with van der Waals surface area (Å²) in [5.41, 5.74) is 1.49. The lowest BCUT2D eigenvalue weighted by molar-refractivity contribution is -0.142. The van der Waals surface area contributed by atoms with Crippen molar-refractivity contribution >= 4 is 11.8 Å². The summed E-state index contributed by atoms with van der Waals surface area (Å²) in [4.78, 5) is 29.7. The van der Waals surface area contributed by atoms with Crippen molar-refractivity contribution in [1.29, 1.82) is 0 Å². The zero-order valence-corrected chi connectivity index (χ0v) is 21.5. The van der Waals surface area contributed by atoms with Crippen LogP contribution in [0.4, 0.5) is 13.2 Å². The van der Waals surface area contributed by atoms with Gasteiger partial charge < -0.3 is 14.6 Å². The normalized spacial score (nSPS) is 11.7. The van der Waals surface area contributed by atoms with E-state index in [1.54, 1.807) is 12.1 Å². The van der Waals surface area contributed by atoms with E-state index < -0.39 is 41.9 Å². The number of rotatable bonds is 10. The number of tetrazole rings is 1. The molecule has 0 saturated carbocycles. The van der Waals surface area contributed by atoms with Crippen molar-refractivity contribution in [3.05, 3.63) is 126 Å². The van der Waals surface area contributed by atoms with Crippen LogP contribution in [0.15, 0.2) is 95.6 Å². The number of nitrogens with one attached hydrogen (secondary N) is 1. The summed E-state index contributed by atoms with van der Waals surface area (Å²) in [6.07, 6.45) is 1.44. The molecule has 0 spiro atoms. The highest BCUT2D eigenvalue weighted by Gasteiger charge is 2.33. The van der Waals surface area contributed by atoms with Crippen LogP contribution >= 0.6 is 0 Å². The Morgan fingerprint density at radius 3 is 2.15 bits per heavy atom. The number of halogens is 3. The molecule has 0 aliphatic rings. The van der Waals surface area contributed by atoms with Crippen LogP contribution < -0.4 is 5.32 Å². The Balaban J connectivity index is 1.43. The molecule has 1 atom stereocenters. The van der Waals surface area contributed by atoms with Crippen LogP contribution in [-0.4, -0.2) is 36.9 Å². The van der Waals surface area contributed by atoms with Gasteiger partial charge >= 0.3 is 0 Å². The molecule has 2 aromatic heterocycles. The Kier molecular flexibility index (Phi) is 8.18. The van der Waals surface area contributed by atoms with Crippen molar-refractivity contribution in [2.75, 3.05) is 0 Å². The molecule has 208 valence electrons. The number of carbonyl (C=O) groups is 2. The number of nitrogens with zero attached hydrogens (tertiary/aromatic N) is 5. The molecule has 2 heterocycles. The highest BCUT2D eigenvalue weighted by atomic mass is 19.1. The van der Waals surface area contributed by atoms with Crippen molar-refractivity contribution in [3.8, 4) is 11.4 Å². The average molecular weight is 561 g/mol. The number of hydrogen-bond acceptors (Lipinski definition) is 6. The first-order valence-electron chi connectivity index (χ1n) is 12.5. The maximum Gasteiger partial charge on any atom is 0.247 e. The molecular weight excluding hydrogens is 537 g/mol. The van der Waals surface area contributed by atoms with Gasteiger partial charge in [-0.05, 0) is 77.0 Å². The topological polar surface area (TPSA) is 106 Å². The Hall–Kier alpha value is -5.26. The minimum Gasteiger partial charge on any atom is -0.467 e. The van der Waals surface area contributed by atoms with Crippen LogP contribution in [0.2, 0.25) is 0 Å². The van der Waals surface area contributed by atoms with Gasteiger partial charge in [-0.15, -0.1) is 10.2 Å². The second-order valence-corrected chi connectivity index (χ2v) is 9.05. The first-order valence-corrected chi connectivity index (χ1v) is 12.5. The monoisotopic (exact) mass is 560 g/mol. The van der Waals surface area contributed by atoms with E-state index in [9.17, 15) is 22.8 Å². The second kappa shape index (κ2) is 12.3. The van der Waals surface area contributed by atoms with Crippen molar-refractivity contribution in [2.24, 2.45) is 0 Å². The molecule has 9 nitrogen and oxygen atoms in total. The number of hydrogen-bond donors (Lipinski definition) is 1.